The third-order valence-electron chi connectivity index (χ3n) is 5.04. The molecule has 2 heterocycles. The van der Waals surface area contributed by atoms with E-state index in [1.807, 2.05) is 72.8 Å². The molecule has 152 valence electrons. The maximum atomic E-state index is 12.6. The molecule has 0 spiro atoms. The van der Waals surface area contributed by atoms with Gasteiger partial charge in [-0.2, -0.15) is 4.98 Å². The fourth-order valence-electron chi connectivity index (χ4n) is 3.53. The fourth-order valence-corrected chi connectivity index (χ4v) is 3.78. The highest BCUT2D eigenvalue weighted by Crippen LogP contribution is 2.35. The third kappa shape index (κ3) is 3.81. The molecule has 1 aromatic heterocycles. The van der Waals surface area contributed by atoms with Crippen molar-refractivity contribution in [2.45, 2.75) is 6.04 Å². The van der Waals surface area contributed by atoms with Crippen molar-refractivity contribution in [1.29, 1.82) is 0 Å². The van der Waals surface area contributed by atoms with Crippen LogP contribution in [0, 0.1) is 0 Å². The molecule has 0 aliphatic carbocycles. The smallest absolute Gasteiger partial charge is 0.258 e. The third-order valence-corrected chi connectivity index (χ3v) is 5.38. The summed E-state index contributed by atoms with van der Waals surface area (Å²) in [5.74, 6) is 0.472. The van der Waals surface area contributed by atoms with Crippen molar-refractivity contribution in [1.82, 2.24) is 14.8 Å². The van der Waals surface area contributed by atoms with Crippen molar-refractivity contribution in [3.8, 4) is 0 Å². The molecule has 2 N–H and O–H groups in total. The number of carbonyl (C=O) groups is 1. The number of amides is 1. The number of hydrogen-bond donors (Lipinski definition) is 2. The molecule has 0 bridgehead atoms. The molecule has 3 aromatic carbocycles. The zero-order valence-electron chi connectivity index (χ0n) is 16.4. The SMILES string of the molecule is O=C(Nc1nc2n(n1)[C@H](c1ccccc1Cl)C=C(c1ccccc1)N2)c1ccccc1. The Morgan fingerprint density at radius 2 is 1.61 bits per heavy atom. The predicted octanol–water partition coefficient (Wildman–Crippen LogP) is 5.24. The fraction of sp³-hybridized carbons (Fsp3) is 0.0417. The summed E-state index contributed by atoms with van der Waals surface area (Å²) in [5.41, 5.74) is 3.34. The van der Waals surface area contributed by atoms with Crippen LogP contribution in [0.15, 0.2) is 91.0 Å². The average Bonchev–Trinajstić information content (AvgIpc) is 3.22. The first kappa shape index (κ1) is 19.1. The van der Waals surface area contributed by atoms with Gasteiger partial charge in [-0.25, -0.2) is 4.68 Å². The number of anilines is 2. The molecule has 7 heteroatoms. The molecule has 1 aliphatic heterocycles. The topological polar surface area (TPSA) is 71.8 Å². The number of nitrogens with one attached hydrogen (secondary N) is 2. The first-order chi connectivity index (χ1) is 15.2. The van der Waals surface area contributed by atoms with Gasteiger partial charge < -0.3 is 5.32 Å². The van der Waals surface area contributed by atoms with Gasteiger partial charge in [-0.1, -0.05) is 78.3 Å². The highest BCUT2D eigenvalue weighted by atomic mass is 35.5. The molecular formula is C24H18ClN5O. The molecule has 1 aliphatic rings. The van der Waals surface area contributed by atoms with Gasteiger partial charge in [0.1, 0.15) is 6.04 Å². The standard InChI is InChI=1S/C24H18ClN5O/c25-19-14-8-7-13-18(19)21-15-20(16-9-3-1-4-10-16)26-24-28-23(29-30(21)24)27-22(31)17-11-5-2-6-12-17/h1-15,21H,(H2,26,27,28,29,31)/t21-/m0/s1. The summed E-state index contributed by atoms with van der Waals surface area (Å²) < 4.78 is 1.73. The van der Waals surface area contributed by atoms with E-state index in [2.05, 4.69) is 26.8 Å². The summed E-state index contributed by atoms with van der Waals surface area (Å²) in [6.07, 6.45) is 2.06. The lowest BCUT2D eigenvalue weighted by Crippen LogP contribution is -2.20. The van der Waals surface area contributed by atoms with E-state index >= 15 is 0 Å². The molecule has 1 amide bonds. The van der Waals surface area contributed by atoms with Crippen molar-refractivity contribution < 1.29 is 4.79 Å². The summed E-state index contributed by atoms with van der Waals surface area (Å²) in [5, 5.41) is 11.3. The molecular weight excluding hydrogens is 410 g/mol. The number of halogens is 1. The van der Waals surface area contributed by atoms with Crippen molar-refractivity contribution in [3.05, 3.63) is 113 Å². The van der Waals surface area contributed by atoms with Crippen LogP contribution in [0.2, 0.25) is 5.02 Å². The lowest BCUT2D eigenvalue weighted by Gasteiger charge is -2.24. The summed E-state index contributed by atoms with van der Waals surface area (Å²) in [7, 11) is 0. The van der Waals surface area contributed by atoms with Crippen LogP contribution >= 0.6 is 11.6 Å². The number of nitrogens with zero attached hydrogens (tertiary/aromatic N) is 3. The number of aromatic nitrogens is 3. The Hall–Kier alpha value is -3.90. The van der Waals surface area contributed by atoms with Gasteiger partial charge in [0.15, 0.2) is 0 Å². The molecule has 6 nitrogen and oxygen atoms in total. The summed E-state index contributed by atoms with van der Waals surface area (Å²) in [6, 6.07) is 26.3. The van der Waals surface area contributed by atoms with E-state index in [0.717, 1.165) is 16.8 Å². The molecule has 4 aromatic rings. The van der Waals surface area contributed by atoms with Crippen LogP contribution in [0.4, 0.5) is 11.9 Å². The van der Waals surface area contributed by atoms with Crippen LogP contribution in [0.25, 0.3) is 5.70 Å². The van der Waals surface area contributed by atoms with E-state index in [9.17, 15) is 4.79 Å². The normalized spacial score (nSPS) is 14.9. The van der Waals surface area contributed by atoms with Crippen molar-refractivity contribution >= 4 is 35.1 Å². The molecule has 31 heavy (non-hydrogen) atoms. The number of allylic oxidation sites excluding steroid dienone is 1. The maximum absolute atomic E-state index is 12.6. The van der Waals surface area contributed by atoms with Crippen molar-refractivity contribution in [2.24, 2.45) is 0 Å². The van der Waals surface area contributed by atoms with Crippen LogP contribution in [0.3, 0.4) is 0 Å². The van der Waals surface area contributed by atoms with Gasteiger partial charge in [0.2, 0.25) is 5.95 Å². The van der Waals surface area contributed by atoms with E-state index < -0.39 is 0 Å². The minimum Gasteiger partial charge on any atom is -0.324 e. The van der Waals surface area contributed by atoms with Gasteiger partial charge in [0.05, 0.1) is 0 Å². The van der Waals surface area contributed by atoms with Crippen LogP contribution in [0.1, 0.15) is 27.5 Å². The highest BCUT2D eigenvalue weighted by molar-refractivity contribution is 6.31. The Morgan fingerprint density at radius 3 is 2.35 bits per heavy atom. The average molecular weight is 428 g/mol. The number of carbonyl (C=O) groups excluding carboxylic acids is 1. The van der Waals surface area contributed by atoms with E-state index in [0.29, 0.717) is 16.5 Å². The van der Waals surface area contributed by atoms with E-state index in [1.54, 1.807) is 16.8 Å². The minimum atomic E-state index is -0.282. The number of fused-ring (bicyclic) bond motifs is 1. The first-order valence-electron chi connectivity index (χ1n) is 9.81. The second kappa shape index (κ2) is 8.08. The molecule has 0 fully saturated rings. The molecule has 1 atom stereocenters. The van der Waals surface area contributed by atoms with Gasteiger partial charge in [-0.15, -0.1) is 5.10 Å². The van der Waals surface area contributed by atoms with Crippen LogP contribution in [-0.2, 0) is 0 Å². The van der Waals surface area contributed by atoms with Gasteiger partial charge in [0.25, 0.3) is 11.9 Å². The van der Waals surface area contributed by atoms with Crippen molar-refractivity contribution in [3.63, 3.8) is 0 Å². The second-order valence-electron chi connectivity index (χ2n) is 7.06. The zero-order chi connectivity index (χ0) is 21.2. The largest absolute Gasteiger partial charge is 0.324 e. The Bertz CT molecular complexity index is 1270. The number of rotatable bonds is 4. The van der Waals surface area contributed by atoms with E-state index in [4.69, 9.17) is 11.6 Å². The summed E-state index contributed by atoms with van der Waals surface area (Å²) >= 11 is 6.51. The number of hydrogen-bond acceptors (Lipinski definition) is 4. The van der Waals surface area contributed by atoms with Crippen LogP contribution in [0.5, 0.6) is 0 Å². The van der Waals surface area contributed by atoms with Crippen LogP contribution in [-0.4, -0.2) is 20.7 Å². The Labute approximate surface area is 184 Å². The Kier molecular flexibility index (Phi) is 4.98. The van der Waals surface area contributed by atoms with E-state index in [-0.39, 0.29) is 17.9 Å². The monoisotopic (exact) mass is 427 g/mol. The highest BCUT2D eigenvalue weighted by Gasteiger charge is 2.27. The minimum absolute atomic E-state index is 0.219. The Balaban J connectivity index is 1.54. The quantitative estimate of drug-likeness (QED) is 0.467. The molecule has 0 saturated heterocycles. The summed E-state index contributed by atoms with van der Waals surface area (Å²) in [4.78, 5) is 17.1. The van der Waals surface area contributed by atoms with Gasteiger partial charge in [-0.05, 0) is 35.4 Å². The van der Waals surface area contributed by atoms with Crippen LogP contribution < -0.4 is 10.6 Å². The second-order valence-corrected chi connectivity index (χ2v) is 7.47. The molecule has 0 saturated carbocycles. The lowest BCUT2D eigenvalue weighted by atomic mass is 10.0. The zero-order valence-corrected chi connectivity index (χ0v) is 17.1. The summed E-state index contributed by atoms with van der Waals surface area (Å²) in [6.45, 7) is 0. The maximum Gasteiger partial charge on any atom is 0.258 e. The molecule has 0 radical (unpaired) electrons. The lowest BCUT2D eigenvalue weighted by molar-refractivity contribution is 0.102. The van der Waals surface area contributed by atoms with Crippen molar-refractivity contribution in [2.75, 3.05) is 10.6 Å². The van der Waals surface area contributed by atoms with Gasteiger partial charge >= 0.3 is 0 Å². The predicted molar refractivity (Wildman–Crippen MR) is 122 cm³/mol. The van der Waals surface area contributed by atoms with Gasteiger partial charge in [0, 0.05) is 16.3 Å². The molecule has 5 rings (SSSR count). The molecule has 0 unspecified atom stereocenters. The van der Waals surface area contributed by atoms with Gasteiger partial charge in [-0.3, -0.25) is 10.1 Å². The first-order valence-corrected chi connectivity index (χ1v) is 10.2. The van der Waals surface area contributed by atoms with E-state index in [1.165, 1.54) is 0 Å². The number of benzene rings is 3. The Morgan fingerprint density at radius 1 is 0.935 bits per heavy atom.